The molecule has 3 fully saturated rings. The van der Waals surface area contributed by atoms with Gasteiger partial charge in [-0.2, -0.15) is 0 Å². The predicted octanol–water partition coefficient (Wildman–Crippen LogP) is 3.08. The summed E-state index contributed by atoms with van der Waals surface area (Å²) in [6.45, 7) is 3.47. The summed E-state index contributed by atoms with van der Waals surface area (Å²) in [5.41, 5.74) is 0. The lowest BCUT2D eigenvalue weighted by Crippen LogP contribution is -2.49. The number of rotatable bonds is 4. The SMILES string of the molecule is CC(C)C(C(=O)O)N1C(=O)C2C3CC(C2C1=O)C1C3Sc2[nH]c(=O)sc2[C@@H]1c1cccs1. The number of thiazole rings is 1. The van der Waals surface area contributed by atoms with Crippen LogP contribution in [0.25, 0.3) is 0 Å². The molecule has 2 N–H and O–H groups in total. The molecule has 2 amide bonds. The van der Waals surface area contributed by atoms with E-state index in [-0.39, 0.29) is 51.5 Å². The third-order valence-electron chi connectivity index (χ3n) is 7.77. The molecule has 168 valence electrons. The van der Waals surface area contributed by atoms with Crippen molar-refractivity contribution in [2.75, 3.05) is 0 Å². The fourth-order valence-corrected chi connectivity index (χ4v) is 10.6. The number of amides is 2. The second kappa shape index (κ2) is 7.04. The van der Waals surface area contributed by atoms with Crippen molar-refractivity contribution in [1.82, 2.24) is 9.88 Å². The molecule has 7 nitrogen and oxygen atoms in total. The fraction of sp³-hybridized carbons (Fsp3) is 0.545. The van der Waals surface area contributed by atoms with Gasteiger partial charge >= 0.3 is 10.8 Å². The summed E-state index contributed by atoms with van der Waals surface area (Å²) in [5, 5.41) is 12.8. The molecule has 6 rings (SSSR count). The molecule has 2 aromatic rings. The number of hydrogen-bond acceptors (Lipinski definition) is 7. The highest BCUT2D eigenvalue weighted by molar-refractivity contribution is 8.00. The average molecular weight is 491 g/mol. The van der Waals surface area contributed by atoms with Crippen molar-refractivity contribution in [3.05, 3.63) is 36.9 Å². The lowest BCUT2D eigenvalue weighted by atomic mass is 9.69. The van der Waals surface area contributed by atoms with Crippen molar-refractivity contribution in [2.24, 2.45) is 35.5 Å². The minimum atomic E-state index is -1.13. The van der Waals surface area contributed by atoms with E-state index in [0.717, 1.165) is 21.2 Å². The summed E-state index contributed by atoms with van der Waals surface area (Å²) in [6, 6.07) is 2.97. The molecule has 32 heavy (non-hydrogen) atoms. The zero-order valence-corrected chi connectivity index (χ0v) is 19.8. The highest BCUT2D eigenvalue weighted by Crippen LogP contribution is 2.68. The van der Waals surface area contributed by atoms with Crippen molar-refractivity contribution in [3.8, 4) is 0 Å². The van der Waals surface area contributed by atoms with Crippen molar-refractivity contribution in [2.45, 2.75) is 42.5 Å². The maximum Gasteiger partial charge on any atom is 0.327 e. The largest absolute Gasteiger partial charge is 0.480 e. The highest BCUT2D eigenvalue weighted by atomic mass is 32.2. The van der Waals surface area contributed by atoms with Crippen molar-refractivity contribution in [1.29, 1.82) is 0 Å². The van der Waals surface area contributed by atoms with Crippen LogP contribution >= 0.6 is 34.4 Å². The average Bonchev–Trinajstić information content (AvgIpc) is 3.51. The second-order valence-corrected chi connectivity index (χ2v) is 12.7. The Morgan fingerprint density at radius 1 is 1.19 bits per heavy atom. The second-order valence-electron chi connectivity index (χ2n) is 9.55. The molecule has 7 unspecified atom stereocenters. The first-order valence-corrected chi connectivity index (χ1v) is 13.4. The van der Waals surface area contributed by atoms with Gasteiger partial charge in [0.2, 0.25) is 11.8 Å². The van der Waals surface area contributed by atoms with Crippen LogP contribution in [0.4, 0.5) is 0 Å². The Kier molecular flexibility index (Phi) is 4.55. The number of thioether (sulfide) groups is 1. The van der Waals surface area contributed by atoms with Crippen molar-refractivity contribution < 1.29 is 19.5 Å². The molecule has 2 aliphatic carbocycles. The maximum absolute atomic E-state index is 13.5. The van der Waals surface area contributed by atoms with Crippen LogP contribution in [0, 0.1) is 35.5 Å². The number of H-pyrrole nitrogens is 1. The molecule has 0 aromatic carbocycles. The summed E-state index contributed by atoms with van der Waals surface area (Å²) in [7, 11) is 0. The van der Waals surface area contributed by atoms with Crippen LogP contribution in [0.2, 0.25) is 0 Å². The third kappa shape index (κ3) is 2.60. The summed E-state index contributed by atoms with van der Waals surface area (Å²) in [4.78, 5) is 57.3. The van der Waals surface area contributed by atoms with Crippen LogP contribution in [0.5, 0.6) is 0 Å². The Hall–Kier alpha value is -1.91. The smallest absolute Gasteiger partial charge is 0.327 e. The molecule has 2 bridgehead atoms. The number of aromatic amines is 1. The van der Waals surface area contributed by atoms with Crippen LogP contribution in [-0.4, -0.2) is 44.1 Å². The Morgan fingerprint density at radius 2 is 1.91 bits per heavy atom. The zero-order chi connectivity index (χ0) is 22.5. The molecule has 0 radical (unpaired) electrons. The molecule has 4 aliphatic rings. The summed E-state index contributed by atoms with van der Waals surface area (Å²) < 4.78 is 0. The molecule has 4 heterocycles. The molecular formula is C22H22N2O5S3. The van der Waals surface area contributed by atoms with Crippen LogP contribution < -0.4 is 4.87 Å². The van der Waals surface area contributed by atoms with E-state index in [0.29, 0.717) is 0 Å². The lowest BCUT2D eigenvalue weighted by molar-refractivity contribution is -0.157. The Balaban J connectivity index is 1.43. The summed E-state index contributed by atoms with van der Waals surface area (Å²) in [6.07, 6.45) is 0.809. The molecule has 2 aromatic heterocycles. The number of carbonyl (C=O) groups is 3. The number of nitrogens with one attached hydrogen (secondary N) is 1. The van der Waals surface area contributed by atoms with Crippen LogP contribution in [0.1, 0.15) is 35.9 Å². The van der Waals surface area contributed by atoms with Crippen molar-refractivity contribution >= 4 is 52.2 Å². The number of imide groups is 1. The molecular weight excluding hydrogens is 468 g/mol. The lowest BCUT2D eigenvalue weighted by Gasteiger charge is -2.42. The van der Waals surface area contributed by atoms with Crippen molar-refractivity contribution in [3.63, 3.8) is 0 Å². The number of hydrogen-bond donors (Lipinski definition) is 2. The van der Waals surface area contributed by atoms with E-state index < -0.39 is 23.8 Å². The van der Waals surface area contributed by atoms with E-state index in [1.54, 1.807) is 36.9 Å². The van der Waals surface area contributed by atoms with Gasteiger partial charge in [-0.3, -0.25) is 19.3 Å². The van der Waals surface area contributed by atoms with E-state index in [9.17, 15) is 24.3 Å². The van der Waals surface area contributed by atoms with E-state index in [1.807, 2.05) is 11.4 Å². The van der Waals surface area contributed by atoms with E-state index in [1.165, 1.54) is 16.2 Å². The van der Waals surface area contributed by atoms with Gasteiger partial charge in [0, 0.05) is 20.9 Å². The number of fused-ring (bicyclic) bond motifs is 9. The Morgan fingerprint density at radius 3 is 2.53 bits per heavy atom. The quantitative estimate of drug-likeness (QED) is 0.638. The van der Waals surface area contributed by atoms with E-state index in [4.69, 9.17) is 0 Å². The summed E-state index contributed by atoms with van der Waals surface area (Å²) >= 11 is 4.56. The number of nitrogens with zero attached hydrogens (tertiary/aromatic N) is 1. The van der Waals surface area contributed by atoms with Gasteiger partial charge in [-0.05, 0) is 41.5 Å². The Labute approximate surface area is 196 Å². The molecule has 2 saturated carbocycles. The van der Waals surface area contributed by atoms with Crippen LogP contribution in [-0.2, 0) is 14.4 Å². The molecule has 1 saturated heterocycles. The minimum absolute atomic E-state index is 0.0158. The molecule has 8 atom stereocenters. The van der Waals surface area contributed by atoms with Gasteiger partial charge in [0.05, 0.1) is 16.9 Å². The van der Waals surface area contributed by atoms with Gasteiger partial charge in [0.25, 0.3) is 0 Å². The van der Waals surface area contributed by atoms with Crippen LogP contribution in [0.15, 0.2) is 27.3 Å². The highest BCUT2D eigenvalue weighted by Gasteiger charge is 2.70. The Bertz CT molecular complexity index is 1180. The summed E-state index contributed by atoms with van der Waals surface area (Å²) in [5.74, 6) is -2.78. The first-order chi connectivity index (χ1) is 15.3. The van der Waals surface area contributed by atoms with Crippen LogP contribution in [0.3, 0.4) is 0 Å². The number of thiophene rings is 1. The molecule has 10 heteroatoms. The van der Waals surface area contributed by atoms with Gasteiger partial charge in [-0.15, -0.1) is 23.1 Å². The predicted molar refractivity (Wildman–Crippen MR) is 121 cm³/mol. The fourth-order valence-electron chi connectivity index (χ4n) is 6.79. The monoisotopic (exact) mass is 490 g/mol. The number of likely N-dealkylation sites (tertiary alicyclic amines) is 1. The number of carbonyl (C=O) groups excluding carboxylic acids is 2. The number of carboxylic acid groups (broad SMARTS) is 1. The van der Waals surface area contributed by atoms with E-state index in [2.05, 4.69) is 11.1 Å². The minimum Gasteiger partial charge on any atom is -0.480 e. The number of aromatic nitrogens is 1. The standard InChI is InChI=1S/C22H22N2O5S3/c1-7(2)15(21(27)28)24-19(25)12-8-6-9(13(12)20(24)26)16-11(8)14(10-4-3-5-30-10)17-18(31-16)23-22(29)32-17/h3-5,7-9,11-16H,6H2,1-2H3,(H,23,29)(H,27,28)/t8?,9?,11?,12?,13?,14-,15?,16?/m1/s1. The van der Waals surface area contributed by atoms with Gasteiger partial charge in [0.1, 0.15) is 6.04 Å². The van der Waals surface area contributed by atoms with Gasteiger partial charge < -0.3 is 10.1 Å². The normalized spacial score (nSPS) is 35.8. The first kappa shape index (κ1) is 20.7. The van der Waals surface area contributed by atoms with E-state index >= 15 is 0 Å². The molecule has 0 spiro atoms. The first-order valence-electron chi connectivity index (χ1n) is 10.8. The maximum atomic E-state index is 13.5. The molecule has 2 aliphatic heterocycles. The third-order valence-corrected chi connectivity index (χ3v) is 11.3. The van der Waals surface area contributed by atoms with Gasteiger partial charge in [-0.25, -0.2) is 4.79 Å². The van der Waals surface area contributed by atoms with Gasteiger partial charge in [-0.1, -0.05) is 31.3 Å². The topological polar surface area (TPSA) is 108 Å². The number of aliphatic carboxylic acids is 1. The number of carboxylic acids is 1. The zero-order valence-electron chi connectivity index (χ0n) is 17.4. The van der Waals surface area contributed by atoms with Gasteiger partial charge in [0.15, 0.2) is 0 Å².